The largest absolute Gasteiger partial charge is 0.493 e. The van der Waals surface area contributed by atoms with Gasteiger partial charge in [0.2, 0.25) is 5.95 Å². The molecule has 2 aromatic heterocycles. The van der Waals surface area contributed by atoms with Crippen molar-refractivity contribution < 1.29 is 9.47 Å². The van der Waals surface area contributed by atoms with Crippen molar-refractivity contribution in [3.8, 4) is 11.5 Å². The van der Waals surface area contributed by atoms with Crippen molar-refractivity contribution in [3.63, 3.8) is 0 Å². The molecule has 160 valence electrons. The Hall–Kier alpha value is -3.72. The first-order valence-electron chi connectivity index (χ1n) is 9.48. The van der Waals surface area contributed by atoms with Crippen LogP contribution in [0.15, 0.2) is 53.3 Å². The first-order valence-corrected chi connectivity index (χ1v) is 9.86. The Bertz CT molecular complexity index is 1270. The van der Waals surface area contributed by atoms with Gasteiger partial charge in [-0.25, -0.2) is 4.98 Å². The molecule has 0 radical (unpaired) electrons. The van der Waals surface area contributed by atoms with Gasteiger partial charge in [0.25, 0.3) is 11.3 Å². The highest BCUT2D eigenvalue weighted by atomic mass is 35.5. The Balaban J connectivity index is 1.47. The van der Waals surface area contributed by atoms with E-state index in [1.165, 1.54) is 10.6 Å². The van der Waals surface area contributed by atoms with E-state index in [1.807, 2.05) is 30.3 Å². The van der Waals surface area contributed by atoms with Gasteiger partial charge < -0.3 is 20.1 Å². The standard InChI is InChI=1S/C21H21ClN6O3/c1-30-17-7-6-13(8-18(17)31-2)11-24-20-26-21-25-16(10-19(29)28(21)27-20)12-23-15-5-3-4-14(22)9-15/h3-10,23H,11-12H2,1-2H3,(H2,24,25,26,27). The molecule has 0 fully saturated rings. The lowest BCUT2D eigenvalue weighted by atomic mass is 10.2. The van der Waals surface area contributed by atoms with Crippen LogP contribution in [0.3, 0.4) is 0 Å². The monoisotopic (exact) mass is 440 g/mol. The summed E-state index contributed by atoms with van der Waals surface area (Å²) in [6, 6.07) is 14.4. The molecule has 9 nitrogen and oxygen atoms in total. The summed E-state index contributed by atoms with van der Waals surface area (Å²) >= 11 is 6.00. The molecule has 31 heavy (non-hydrogen) atoms. The molecule has 0 spiro atoms. The number of anilines is 2. The summed E-state index contributed by atoms with van der Waals surface area (Å²) in [5.74, 6) is 2.01. The number of benzene rings is 2. The van der Waals surface area contributed by atoms with Gasteiger partial charge in [0.15, 0.2) is 11.5 Å². The number of H-pyrrole nitrogens is 1. The van der Waals surface area contributed by atoms with Crippen molar-refractivity contribution in [3.05, 3.63) is 75.2 Å². The lowest BCUT2D eigenvalue weighted by Crippen LogP contribution is -2.17. The number of aromatic amines is 1. The lowest BCUT2D eigenvalue weighted by Gasteiger charge is -2.09. The molecule has 10 heteroatoms. The normalized spacial score (nSPS) is 10.8. The number of ether oxygens (including phenoxy) is 2. The van der Waals surface area contributed by atoms with E-state index in [4.69, 9.17) is 21.1 Å². The van der Waals surface area contributed by atoms with Crippen LogP contribution in [-0.2, 0) is 13.1 Å². The number of fused-ring (bicyclic) bond motifs is 1. The van der Waals surface area contributed by atoms with Gasteiger partial charge in [-0.1, -0.05) is 23.7 Å². The molecule has 2 aromatic carbocycles. The summed E-state index contributed by atoms with van der Waals surface area (Å²) < 4.78 is 11.9. The molecule has 0 amide bonds. The summed E-state index contributed by atoms with van der Waals surface area (Å²) in [6.45, 7) is 0.839. The quantitative estimate of drug-likeness (QED) is 0.386. The van der Waals surface area contributed by atoms with Gasteiger partial charge in [-0.3, -0.25) is 9.89 Å². The molecule has 0 aliphatic rings. The summed E-state index contributed by atoms with van der Waals surface area (Å²) in [7, 11) is 3.18. The third-order valence-corrected chi connectivity index (χ3v) is 4.82. The fourth-order valence-corrected chi connectivity index (χ4v) is 3.25. The van der Waals surface area contributed by atoms with Crippen molar-refractivity contribution in [1.29, 1.82) is 0 Å². The molecule has 0 saturated carbocycles. The predicted molar refractivity (Wildman–Crippen MR) is 119 cm³/mol. The van der Waals surface area contributed by atoms with Crippen LogP contribution >= 0.6 is 11.6 Å². The molecule has 0 saturated heterocycles. The van der Waals surface area contributed by atoms with Gasteiger partial charge in [0.05, 0.1) is 26.5 Å². The highest BCUT2D eigenvalue weighted by Crippen LogP contribution is 2.27. The van der Waals surface area contributed by atoms with E-state index in [1.54, 1.807) is 26.4 Å². The minimum atomic E-state index is -0.250. The van der Waals surface area contributed by atoms with E-state index in [-0.39, 0.29) is 11.3 Å². The Morgan fingerprint density at radius 2 is 1.84 bits per heavy atom. The Kier molecular flexibility index (Phi) is 5.94. The Morgan fingerprint density at radius 1 is 1.00 bits per heavy atom. The van der Waals surface area contributed by atoms with Crippen molar-refractivity contribution in [2.24, 2.45) is 0 Å². The SMILES string of the molecule is COc1ccc(CNc2nc3nc(CNc4cccc(Cl)c4)cc(=O)n3[nH]2)cc1OC. The minimum Gasteiger partial charge on any atom is -0.493 e. The number of rotatable bonds is 8. The maximum atomic E-state index is 12.5. The molecule has 0 atom stereocenters. The third-order valence-electron chi connectivity index (χ3n) is 4.59. The summed E-state index contributed by atoms with van der Waals surface area (Å²) in [5, 5.41) is 9.90. The second kappa shape index (κ2) is 8.97. The van der Waals surface area contributed by atoms with Crippen molar-refractivity contribution in [1.82, 2.24) is 19.6 Å². The fraction of sp³-hybridized carbons (Fsp3) is 0.190. The zero-order valence-electron chi connectivity index (χ0n) is 17.0. The van der Waals surface area contributed by atoms with Crippen molar-refractivity contribution >= 4 is 29.0 Å². The zero-order chi connectivity index (χ0) is 21.8. The molecule has 0 aliphatic carbocycles. The number of nitrogens with zero attached hydrogens (tertiary/aromatic N) is 3. The number of nitrogens with one attached hydrogen (secondary N) is 3. The average Bonchev–Trinajstić information content (AvgIpc) is 3.20. The van der Waals surface area contributed by atoms with Crippen LogP contribution in [0.25, 0.3) is 5.78 Å². The average molecular weight is 441 g/mol. The van der Waals surface area contributed by atoms with Crippen LogP contribution in [0, 0.1) is 0 Å². The maximum Gasteiger partial charge on any atom is 0.274 e. The van der Waals surface area contributed by atoms with Crippen LogP contribution < -0.4 is 25.7 Å². The van der Waals surface area contributed by atoms with E-state index >= 15 is 0 Å². The van der Waals surface area contributed by atoms with E-state index in [0.717, 1.165) is 11.3 Å². The minimum absolute atomic E-state index is 0.250. The predicted octanol–water partition coefficient (Wildman–Crippen LogP) is 3.31. The second-order valence-electron chi connectivity index (χ2n) is 6.70. The van der Waals surface area contributed by atoms with Gasteiger partial charge in [-0.2, -0.15) is 9.50 Å². The summed E-state index contributed by atoms with van der Waals surface area (Å²) in [6.07, 6.45) is 0. The molecule has 0 aliphatic heterocycles. The molecular formula is C21H21ClN6O3. The first-order chi connectivity index (χ1) is 15.1. The fourth-order valence-electron chi connectivity index (χ4n) is 3.06. The van der Waals surface area contributed by atoms with E-state index in [9.17, 15) is 4.79 Å². The van der Waals surface area contributed by atoms with Gasteiger partial charge in [-0.15, -0.1) is 0 Å². The van der Waals surface area contributed by atoms with Gasteiger partial charge >= 0.3 is 0 Å². The lowest BCUT2D eigenvalue weighted by molar-refractivity contribution is 0.354. The molecule has 0 bridgehead atoms. The molecule has 2 heterocycles. The molecule has 4 aromatic rings. The Morgan fingerprint density at radius 3 is 2.61 bits per heavy atom. The highest BCUT2D eigenvalue weighted by Gasteiger charge is 2.09. The summed E-state index contributed by atoms with van der Waals surface area (Å²) in [4.78, 5) is 21.3. The number of methoxy groups -OCH3 is 2. The number of aromatic nitrogens is 4. The molecule has 0 unspecified atom stereocenters. The summed E-state index contributed by atoms with van der Waals surface area (Å²) in [5.41, 5.74) is 2.13. The topological polar surface area (TPSA) is 106 Å². The van der Waals surface area contributed by atoms with Crippen molar-refractivity contribution in [2.75, 3.05) is 24.9 Å². The van der Waals surface area contributed by atoms with E-state index < -0.39 is 0 Å². The smallest absolute Gasteiger partial charge is 0.274 e. The van der Waals surface area contributed by atoms with Gasteiger partial charge in [0.1, 0.15) is 0 Å². The van der Waals surface area contributed by atoms with Crippen LogP contribution in [0.2, 0.25) is 5.02 Å². The third kappa shape index (κ3) is 4.72. The Labute approximate surface area is 183 Å². The van der Waals surface area contributed by atoms with Crippen LogP contribution in [0.5, 0.6) is 11.5 Å². The molecule has 3 N–H and O–H groups in total. The second-order valence-corrected chi connectivity index (χ2v) is 7.14. The van der Waals surface area contributed by atoms with Gasteiger partial charge in [-0.05, 0) is 35.9 Å². The highest BCUT2D eigenvalue weighted by molar-refractivity contribution is 6.30. The first kappa shape index (κ1) is 20.5. The van der Waals surface area contributed by atoms with Crippen LogP contribution in [0.1, 0.15) is 11.3 Å². The molecule has 4 rings (SSSR count). The number of hydrogen-bond donors (Lipinski definition) is 3. The molecular weight excluding hydrogens is 420 g/mol. The van der Waals surface area contributed by atoms with Crippen molar-refractivity contribution in [2.45, 2.75) is 13.1 Å². The van der Waals surface area contributed by atoms with Gasteiger partial charge in [0, 0.05) is 23.3 Å². The van der Waals surface area contributed by atoms with E-state index in [2.05, 4.69) is 25.7 Å². The maximum absolute atomic E-state index is 12.5. The number of halogens is 1. The van der Waals surface area contributed by atoms with Crippen LogP contribution in [-0.4, -0.2) is 33.8 Å². The number of hydrogen-bond acceptors (Lipinski definition) is 7. The van der Waals surface area contributed by atoms with E-state index in [0.29, 0.717) is 41.3 Å². The zero-order valence-corrected chi connectivity index (χ0v) is 17.7. The van der Waals surface area contributed by atoms with Crippen LogP contribution in [0.4, 0.5) is 11.6 Å².